The van der Waals surface area contributed by atoms with Crippen LogP contribution in [0.5, 0.6) is 0 Å². The van der Waals surface area contributed by atoms with Crippen LogP contribution in [0.2, 0.25) is 0 Å². The van der Waals surface area contributed by atoms with Gasteiger partial charge in [-0.15, -0.1) is 21.5 Å². The van der Waals surface area contributed by atoms with Crippen molar-refractivity contribution < 1.29 is 17.6 Å². The number of amides is 1. The van der Waals surface area contributed by atoms with Crippen LogP contribution >= 0.6 is 23.1 Å². The van der Waals surface area contributed by atoms with Gasteiger partial charge in [0.1, 0.15) is 0 Å². The van der Waals surface area contributed by atoms with E-state index in [1.54, 1.807) is 12.1 Å². The van der Waals surface area contributed by atoms with E-state index in [1.165, 1.54) is 23.5 Å². The van der Waals surface area contributed by atoms with Gasteiger partial charge in [-0.3, -0.25) is 4.79 Å². The summed E-state index contributed by atoms with van der Waals surface area (Å²) >= 11 is 2.64. The van der Waals surface area contributed by atoms with Crippen molar-refractivity contribution in [3.05, 3.63) is 46.7 Å². The third kappa shape index (κ3) is 6.13. The summed E-state index contributed by atoms with van der Waals surface area (Å²) in [6.45, 7) is 2.86. The topological polar surface area (TPSA) is 114 Å². The van der Waals surface area contributed by atoms with Crippen LogP contribution in [-0.4, -0.2) is 36.8 Å². The minimum atomic E-state index is -3.61. The predicted molar refractivity (Wildman–Crippen MR) is 112 cm³/mol. The smallest absolute Gasteiger partial charge is 0.277 e. The monoisotopic (exact) mass is 452 g/mol. The lowest BCUT2D eigenvalue weighted by atomic mass is 10.2. The van der Waals surface area contributed by atoms with Crippen LogP contribution in [-0.2, 0) is 21.4 Å². The van der Waals surface area contributed by atoms with E-state index in [2.05, 4.69) is 20.2 Å². The van der Waals surface area contributed by atoms with Gasteiger partial charge in [0.25, 0.3) is 5.22 Å². The van der Waals surface area contributed by atoms with Crippen LogP contribution in [0.4, 0.5) is 0 Å². The molecule has 1 amide bonds. The zero-order chi connectivity index (χ0) is 20.7. The Hall–Kier alpha value is -2.21. The van der Waals surface area contributed by atoms with Crippen molar-refractivity contribution in [2.24, 2.45) is 0 Å². The van der Waals surface area contributed by atoms with E-state index in [4.69, 9.17) is 4.42 Å². The summed E-state index contributed by atoms with van der Waals surface area (Å²) in [4.78, 5) is 12.7. The number of carbonyl (C=O) groups excluding carboxylic acids is 1. The number of rotatable bonds is 10. The third-order valence-electron chi connectivity index (χ3n) is 3.73. The first-order chi connectivity index (χ1) is 14.0. The molecule has 2 heterocycles. The lowest BCUT2D eigenvalue weighted by Gasteiger charge is -2.06. The van der Waals surface area contributed by atoms with Gasteiger partial charge in [-0.25, -0.2) is 13.1 Å². The van der Waals surface area contributed by atoms with Crippen molar-refractivity contribution in [1.82, 2.24) is 20.2 Å². The number of hydrogen-bond donors (Lipinski definition) is 2. The highest BCUT2D eigenvalue weighted by Crippen LogP contribution is 2.24. The summed E-state index contributed by atoms with van der Waals surface area (Å²) in [6, 6.07) is 9.93. The van der Waals surface area contributed by atoms with Crippen LogP contribution in [0.15, 0.2) is 56.3 Å². The van der Waals surface area contributed by atoms with Crippen molar-refractivity contribution in [1.29, 1.82) is 0 Å². The molecule has 1 aromatic carbocycles. The molecule has 0 unspecified atom stereocenters. The molecular formula is C18H20N4O4S3. The van der Waals surface area contributed by atoms with Crippen LogP contribution in [0.1, 0.15) is 18.2 Å². The number of hydrogen-bond acceptors (Lipinski definition) is 8. The van der Waals surface area contributed by atoms with Gasteiger partial charge in [0, 0.05) is 23.5 Å². The van der Waals surface area contributed by atoms with Crippen molar-refractivity contribution in [3.8, 4) is 11.5 Å². The van der Waals surface area contributed by atoms with Crippen LogP contribution in [0.3, 0.4) is 0 Å². The number of carbonyl (C=O) groups is 1. The summed E-state index contributed by atoms with van der Waals surface area (Å²) in [5, 5.41) is 12.8. The molecule has 11 heteroatoms. The first kappa shape index (κ1) is 21.5. The second kappa shape index (κ2) is 10.0. The summed E-state index contributed by atoms with van der Waals surface area (Å²) < 4.78 is 32.9. The highest BCUT2D eigenvalue weighted by Gasteiger charge is 2.16. The maximum absolute atomic E-state index is 12.4. The molecule has 2 aromatic heterocycles. The molecular weight excluding hydrogens is 432 g/mol. The number of sulfonamides is 1. The van der Waals surface area contributed by atoms with E-state index in [9.17, 15) is 13.2 Å². The summed E-state index contributed by atoms with van der Waals surface area (Å²) in [5.41, 5.74) is 0.594. The number of thioether (sulfide) groups is 1. The Balaban J connectivity index is 1.60. The first-order valence-electron chi connectivity index (χ1n) is 8.83. The molecule has 8 nitrogen and oxygen atoms in total. The summed E-state index contributed by atoms with van der Waals surface area (Å²) in [7, 11) is -3.61. The molecule has 2 N–H and O–H groups in total. The first-order valence-corrected chi connectivity index (χ1v) is 12.2. The van der Waals surface area contributed by atoms with Gasteiger partial charge in [-0.1, -0.05) is 24.8 Å². The Morgan fingerprint density at radius 1 is 1.21 bits per heavy atom. The normalized spacial score (nSPS) is 11.5. The molecule has 0 spiro atoms. The minimum absolute atomic E-state index is 0.0961. The molecule has 0 saturated carbocycles. The van der Waals surface area contributed by atoms with Crippen molar-refractivity contribution in [3.63, 3.8) is 0 Å². The standard InChI is InChI=1S/C18H20N4O4S3/c1-2-9-19-16(23)12-28-18-22-21-17(26-18)13-5-7-15(8-6-13)29(24,25)20-11-14-4-3-10-27-14/h3-8,10,20H,2,9,11-12H2,1H3,(H,19,23). The number of aromatic nitrogens is 2. The Morgan fingerprint density at radius 2 is 2.00 bits per heavy atom. The van der Waals surface area contributed by atoms with Crippen molar-refractivity contribution >= 4 is 39.0 Å². The van der Waals surface area contributed by atoms with Crippen molar-refractivity contribution in [2.75, 3.05) is 12.3 Å². The number of nitrogens with one attached hydrogen (secondary N) is 2. The van der Waals surface area contributed by atoms with Crippen LogP contribution < -0.4 is 10.0 Å². The number of thiophene rings is 1. The minimum Gasteiger partial charge on any atom is -0.411 e. The lowest BCUT2D eigenvalue weighted by Crippen LogP contribution is -2.25. The van der Waals surface area contributed by atoms with E-state index in [0.29, 0.717) is 12.1 Å². The molecule has 0 aliphatic carbocycles. The fourth-order valence-corrected chi connectivity index (χ4v) is 4.60. The molecule has 3 rings (SSSR count). The second-order valence-electron chi connectivity index (χ2n) is 5.94. The molecule has 0 atom stereocenters. The molecule has 0 aliphatic heterocycles. The number of nitrogens with zero attached hydrogens (tertiary/aromatic N) is 2. The van der Waals surface area contributed by atoms with Crippen LogP contribution in [0.25, 0.3) is 11.5 Å². The SMILES string of the molecule is CCCNC(=O)CSc1nnc(-c2ccc(S(=O)(=O)NCc3cccs3)cc2)o1. The second-order valence-corrected chi connectivity index (χ2v) is 9.67. The van der Waals surface area contributed by atoms with E-state index in [1.807, 2.05) is 24.4 Å². The Bertz CT molecular complexity index is 1030. The zero-order valence-corrected chi connectivity index (χ0v) is 18.1. The quantitative estimate of drug-likeness (QED) is 0.455. The highest BCUT2D eigenvalue weighted by molar-refractivity contribution is 7.99. The molecule has 29 heavy (non-hydrogen) atoms. The van der Waals surface area contributed by atoms with Gasteiger partial charge < -0.3 is 9.73 Å². The summed E-state index contributed by atoms with van der Waals surface area (Å²) in [6.07, 6.45) is 0.871. The Morgan fingerprint density at radius 3 is 2.69 bits per heavy atom. The van der Waals surface area contributed by atoms with E-state index in [0.717, 1.165) is 23.1 Å². The molecule has 3 aromatic rings. The van der Waals surface area contributed by atoms with Gasteiger partial charge in [0.2, 0.25) is 21.8 Å². The third-order valence-corrected chi connectivity index (χ3v) is 6.85. The molecule has 0 aliphatic rings. The zero-order valence-electron chi connectivity index (χ0n) is 15.6. The van der Waals surface area contributed by atoms with Gasteiger partial charge in [0.05, 0.1) is 10.6 Å². The lowest BCUT2D eigenvalue weighted by molar-refractivity contribution is -0.118. The Kier molecular flexibility index (Phi) is 7.42. The van der Waals surface area contributed by atoms with Crippen LogP contribution in [0, 0.1) is 0 Å². The molecule has 0 bridgehead atoms. The molecule has 0 radical (unpaired) electrons. The van der Waals surface area contributed by atoms with Gasteiger partial charge >= 0.3 is 0 Å². The largest absolute Gasteiger partial charge is 0.411 e. The molecule has 154 valence electrons. The summed E-state index contributed by atoms with van der Waals surface area (Å²) in [5.74, 6) is 0.354. The average molecular weight is 453 g/mol. The molecule has 0 saturated heterocycles. The van der Waals surface area contributed by atoms with Crippen molar-refractivity contribution in [2.45, 2.75) is 30.0 Å². The highest BCUT2D eigenvalue weighted by atomic mass is 32.2. The fraction of sp³-hybridized carbons (Fsp3) is 0.278. The average Bonchev–Trinajstić information content (AvgIpc) is 3.41. The Labute approximate surface area is 177 Å². The molecule has 0 fully saturated rings. The van der Waals surface area contributed by atoms with E-state index >= 15 is 0 Å². The van der Waals surface area contributed by atoms with E-state index in [-0.39, 0.29) is 34.2 Å². The predicted octanol–water partition coefficient (Wildman–Crippen LogP) is 2.89. The van der Waals surface area contributed by atoms with Gasteiger partial charge in [0.15, 0.2) is 0 Å². The maximum atomic E-state index is 12.4. The fourth-order valence-electron chi connectivity index (χ4n) is 2.27. The maximum Gasteiger partial charge on any atom is 0.277 e. The number of benzene rings is 1. The van der Waals surface area contributed by atoms with Gasteiger partial charge in [-0.2, -0.15) is 0 Å². The van der Waals surface area contributed by atoms with Gasteiger partial charge in [-0.05, 0) is 42.1 Å². The van der Waals surface area contributed by atoms with E-state index < -0.39 is 10.0 Å².